The van der Waals surface area contributed by atoms with Gasteiger partial charge in [-0.25, -0.2) is 8.78 Å². The summed E-state index contributed by atoms with van der Waals surface area (Å²) in [7, 11) is 0. The molecular formula is C31H37F3O. The first-order valence-corrected chi connectivity index (χ1v) is 13.1. The minimum Gasteiger partial charge on any atom is -0.486 e. The lowest BCUT2D eigenvalue weighted by Crippen LogP contribution is -2.30. The number of allylic oxidation sites excluding steroid dienone is 3. The first kappa shape index (κ1) is 25.6. The molecule has 1 nitrogen and oxygen atoms in total. The summed E-state index contributed by atoms with van der Waals surface area (Å²) in [5, 5.41) is 0. The van der Waals surface area contributed by atoms with E-state index in [9.17, 15) is 8.78 Å². The van der Waals surface area contributed by atoms with Gasteiger partial charge in [0.15, 0.2) is 11.6 Å². The fourth-order valence-corrected chi connectivity index (χ4v) is 6.16. The van der Waals surface area contributed by atoms with Crippen LogP contribution < -0.4 is 4.74 Å². The summed E-state index contributed by atoms with van der Waals surface area (Å²) < 4.78 is 49.8. The van der Waals surface area contributed by atoms with Crippen LogP contribution in [0.1, 0.15) is 76.7 Å². The highest BCUT2D eigenvalue weighted by Crippen LogP contribution is 2.49. The summed E-state index contributed by atoms with van der Waals surface area (Å²) in [5.74, 6) is -0.0491. The number of ether oxygens (including phenoxy) is 1. The van der Waals surface area contributed by atoms with Gasteiger partial charge in [-0.3, -0.25) is 0 Å². The van der Waals surface area contributed by atoms with E-state index < -0.39 is 11.6 Å². The normalized spacial score (nSPS) is 24.7. The Kier molecular flexibility index (Phi) is 8.75. The topological polar surface area (TPSA) is 9.23 Å². The molecule has 2 fully saturated rings. The van der Waals surface area contributed by atoms with Crippen LogP contribution in [0.25, 0.3) is 11.1 Å². The van der Waals surface area contributed by atoms with Crippen LogP contribution in [0.4, 0.5) is 13.2 Å². The fourth-order valence-electron chi connectivity index (χ4n) is 6.16. The summed E-state index contributed by atoms with van der Waals surface area (Å²) in [6, 6.07) is 7.72. The second kappa shape index (κ2) is 12.0. The standard InChI is InChI=1S/C31H37F3O/c1-3-5-7-8-21-9-10-23-19-24(12-11-22(23)18-21)26-14-13-25(20-28(26)32)27-15-16-29(31(34)30(27)33)35-17-6-4-2/h3-6,13-16,20-24H,7-12,17-19H2,1-2H3/b5-3+,6-4+. The Bertz CT molecular complexity index is 1060. The van der Waals surface area contributed by atoms with E-state index >= 15 is 4.39 Å². The Morgan fingerprint density at radius 3 is 2.40 bits per heavy atom. The minimum atomic E-state index is -1.05. The van der Waals surface area contributed by atoms with Crippen LogP contribution >= 0.6 is 0 Å². The first-order chi connectivity index (χ1) is 17.0. The van der Waals surface area contributed by atoms with Gasteiger partial charge in [0.05, 0.1) is 0 Å². The van der Waals surface area contributed by atoms with Crippen LogP contribution in [0.15, 0.2) is 54.6 Å². The largest absolute Gasteiger partial charge is 0.486 e. The minimum absolute atomic E-state index is 0.0475. The molecule has 35 heavy (non-hydrogen) atoms. The molecule has 0 N–H and O–H groups in total. The lowest BCUT2D eigenvalue weighted by Gasteiger charge is -2.42. The zero-order valence-electron chi connectivity index (χ0n) is 20.9. The average Bonchev–Trinajstić information content (AvgIpc) is 2.86. The lowest BCUT2D eigenvalue weighted by molar-refractivity contribution is 0.114. The SMILES string of the molecule is C/C=C/CCC1CCC2CC(c3ccc(-c4ccc(OC/C=C/C)c(F)c4F)cc3F)CCC2C1. The summed E-state index contributed by atoms with van der Waals surface area (Å²) in [6.45, 7) is 4.07. The summed E-state index contributed by atoms with van der Waals surface area (Å²) in [4.78, 5) is 0. The van der Waals surface area contributed by atoms with Crippen LogP contribution in [-0.4, -0.2) is 6.61 Å². The summed E-state index contributed by atoms with van der Waals surface area (Å²) >= 11 is 0. The van der Waals surface area contributed by atoms with Crippen molar-refractivity contribution in [3.05, 3.63) is 77.7 Å². The first-order valence-electron chi connectivity index (χ1n) is 13.1. The van der Waals surface area contributed by atoms with Crippen LogP contribution in [0.3, 0.4) is 0 Å². The zero-order valence-corrected chi connectivity index (χ0v) is 20.9. The van der Waals surface area contributed by atoms with Crippen molar-refractivity contribution in [3.8, 4) is 16.9 Å². The van der Waals surface area contributed by atoms with E-state index in [4.69, 9.17) is 4.74 Å². The van der Waals surface area contributed by atoms with Crippen LogP contribution in [0.5, 0.6) is 5.75 Å². The average molecular weight is 483 g/mol. The molecule has 0 amide bonds. The second-order valence-corrected chi connectivity index (χ2v) is 10.2. The molecule has 0 spiro atoms. The van der Waals surface area contributed by atoms with E-state index in [-0.39, 0.29) is 29.7 Å². The van der Waals surface area contributed by atoms with Gasteiger partial charge < -0.3 is 4.74 Å². The van der Waals surface area contributed by atoms with Crippen molar-refractivity contribution in [2.75, 3.05) is 6.61 Å². The molecule has 0 saturated heterocycles. The Morgan fingerprint density at radius 1 is 0.857 bits per heavy atom. The maximum Gasteiger partial charge on any atom is 0.201 e. The number of halogens is 3. The van der Waals surface area contributed by atoms with Gasteiger partial charge in [0.25, 0.3) is 0 Å². The molecule has 0 aliphatic heterocycles. The Morgan fingerprint density at radius 2 is 1.63 bits per heavy atom. The van der Waals surface area contributed by atoms with Gasteiger partial charge in [-0.1, -0.05) is 42.9 Å². The molecule has 0 bridgehead atoms. The van der Waals surface area contributed by atoms with E-state index in [1.165, 1.54) is 50.3 Å². The van der Waals surface area contributed by atoms with Crippen LogP contribution in [0.2, 0.25) is 0 Å². The van der Waals surface area contributed by atoms with Crippen molar-refractivity contribution in [2.45, 2.75) is 71.1 Å². The monoisotopic (exact) mass is 482 g/mol. The molecule has 4 unspecified atom stereocenters. The molecule has 4 rings (SSSR count). The van der Waals surface area contributed by atoms with Crippen molar-refractivity contribution < 1.29 is 17.9 Å². The third-order valence-electron chi connectivity index (χ3n) is 8.07. The van der Waals surface area contributed by atoms with Crippen molar-refractivity contribution >= 4 is 0 Å². The predicted molar refractivity (Wildman–Crippen MR) is 137 cm³/mol. The van der Waals surface area contributed by atoms with Gasteiger partial charge in [0, 0.05) is 5.56 Å². The highest BCUT2D eigenvalue weighted by Gasteiger charge is 2.36. The molecule has 2 aromatic carbocycles. The van der Waals surface area contributed by atoms with Gasteiger partial charge in [-0.05, 0) is 112 Å². The van der Waals surface area contributed by atoms with Gasteiger partial charge in [-0.15, -0.1) is 0 Å². The number of hydrogen-bond donors (Lipinski definition) is 0. The van der Waals surface area contributed by atoms with Crippen molar-refractivity contribution in [2.24, 2.45) is 17.8 Å². The third kappa shape index (κ3) is 6.02. The molecule has 0 heterocycles. The molecular weight excluding hydrogens is 445 g/mol. The van der Waals surface area contributed by atoms with Crippen LogP contribution in [0, 0.1) is 35.2 Å². The highest BCUT2D eigenvalue weighted by atomic mass is 19.2. The van der Waals surface area contributed by atoms with Crippen LogP contribution in [-0.2, 0) is 0 Å². The molecule has 2 aromatic rings. The molecule has 4 heteroatoms. The molecule has 0 aromatic heterocycles. The lowest BCUT2D eigenvalue weighted by atomic mass is 9.63. The smallest absolute Gasteiger partial charge is 0.201 e. The zero-order chi connectivity index (χ0) is 24.8. The van der Waals surface area contributed by atoms with E-state index in [1.54, 1.807) is 24.3 Å². The van der Waals surface area contributed by atoms with Crippen molar-refractivity contribution in [3.63, 3.8) is 0 Å². The number of benzene rings is 2. The number of fused-ring (bicyclic) bond motifs is 1. The Balaban J connectivity index is 1.43. The second-order valence-electron chi connectivity index (χ2n) is 10.2. The summed E-state index contributed by atoms with van der Waals surface area (Å²) in [6.07, 6.45) is 17.4. The molecule has 4 atom stereocenters. The molecule has 2 aliphatic rings. The van der Waals surface area contributed by atoms with Gasteiger partial charge >= 0.3 is 0 Å². The quantitative estimate of drug-likeness (QED) is 0.341. The Hall–Kier alpha value is -2.49. The molecule has 0 radical (unpaired) electrons. The maximum absolute atomic E-state index is 15.2. The molecule has 2 saturated carbocycles. The van der Waals surface area contributed by atoms with Gasteiger partial charge in [-0.2, -0.15) is 4.39 Å². The fraction of sp³-hybridized carbons (Fsp3) is 0.484. The van der Waals surface area contributed by atoms with Gasteiger partial charge in [0.1, 0.15) is 12.4 Å². The van der Waals surface area contributed by atoms with Gasteiger partial charge in [0.2, 0.25) is 5.82 Å². The molecule has 188 valence electrons. The van der Waals surface area contributed by atoms with Crippen molar-refractivity contribution in [1.29, 1.82) is 0 Å². The van der Waals surface area contributed by atoms with E-state index in [2.05, 4.69) is 19.1 Å². The van der Waals surface area contributed by atoms with E-state index in [0.717, 1.165) is 36.7 Å². The summed E-state index contributed by atoms with van der Waals surface area (Å²) in [5.41, 5.74) is 1.11. The molecule has 2 aliphatic carbocycles. The van der Waals surface area contributed by atoms with E-state index in [0.29, 0.717) is 11.5 Å². The Labute approximate surface area is 208 Å². The maximum atomic E-state index is 15.2. The van der Waals surface area contributed by atoms with Crippen molar-refractivity contribution in [1.82, 2.24) is 0 Å². The third-order valence-corrected chi connectivity index (χ3v) is 8.07. The predicted octanol–water partition coefficient (Wildman–Crippen LogP) is 9.38. The number of rotatable bonds is 8. The van der Waals surface area contributed by atoms with E-state index in [1.807, 2.05) is 6.92 Å². The number of hydrogen-bond acceptors (Lipinski definition) is 1. The highest BCUT2D eigenvalue weighted by molar-refractivity contribution is 5.66.